The predicted molar refractivity (Wildman–Crippen MR) is 344 cm³/mol. The molecule has 92 heavy (non-hydrogen) atoms. The van der Waals surface area contributed by atoms with E-state index < -0.39 is 67.0 Å². The number of carbonyl (C=O) groups is 1. The van der Waals surface area contributed by atoms with E-state index in [-0.39, 0.29) is 138 Å². The number of carboxylic acid groups (broad SMARTS) is 1. The van der Waals surface area contributed by atoms with Gasteiger partial charge in [-0.25, -0.2) is 0 Å². The molecule has 31 N–H and O–H groups in total. The van der Waals surface area contributed by atoms with Crippen LogP contribution in [0.15, 0.2) is 12.2 Å². The molecule has 0 saturated heterocycles. The summed E-state index contributed by atoms with van der Waals surface area (Å²) >= 11 is 0. The second-order valence-electron chi connectivity index (χ2n) is 20.2. The van der Waals surface area contributed by atoms with Crippen LogP contribution in [-0.2, 0) is 4.79 Å². The van der Waals surface area contributed by atoms with Crippen LogP contribution in [0.2, 0.25) is 0 Å². The fourth-order valence-electron chi connectivity index (χ4n) is 5.13. The third-order valence-corrected chi connectivity index (χ3v) is 11.0. The van der Waals surface area contributed by atoms with Gasteiger partial charge >= 0.3 is 5.97 Å². The summed E-state index contributed by atoms with van der Waals surface area (Å²) < 4.78 is 0. The van der Waals surface area contributed by atoms with E-state index in [1.807, 2.05) is 0 Å². The van der Waals surface area contributed by atoms with E-state index in [2.05, 4.69) is 26.0 Å². The van der Waals surface area contributed by atoms with Crippen molar-refractivity contribution in [3.8, 4) is 0 Å². The molecular weight excluding hydrogens is 1230 g/mol. The lowest BCUT2D eigenvalue weighted by Crippen LogP contribution is -2.15. The average molecular weight is 1370 g/mol. The maximum atomic E-state index is 11.5. The number of carboxylic acids is 1. The van der Waals surface area contributed by atoms with Crippen LogP contribution >= 0.6 is 0 Å². The summed E-state index contributed by atoms with van der Waals surface area (Å²) in [5, 5.41) is 250. The number of aliphatic hydroxyl groups excluding tert-OH is 30. The van der Waals surface area contributed by atoms with Crippen molar-refractivity contribution in [2.45, 2.75) is 229 Å². The summed E-state index contributed by atoms with van der Waals surface area (Å²) in [5.74, 6) is -0.681. The lowest BCUT2D eigenvalue weighted by atomic mass is 9.94. The Morgan fingerprint density at radius 3 is 0.478 bits per heavy atom. The maximum Gasteiger partial charge on any atom is 0.306 e. The van der Waals surface area contributed by atoms with Crippen molar-refractivity contribution in [2.24, 2.45) is 5.92 Å². The molecule has 570 valence electrons. The molecule has 0 aromatic carbocycles. The smallest absolute Gasteiger partial charge is 0.306 e. The molecule has 0 heterocycles. The summed E-state index contributed by atoms with van der Waals surface area (Å²) in [5.41, 5.74) is 0. The summed E-state index contributed by atoms with van der Waals surface area (Å²) in [6.45, 7) is -2.76. The molecule has 32 heteroatoms. The van der Waals surface area contributed by atoms with Crippen molar-refractivity contribution in [3.05, 3.63) is 12.2 Å². The van der Waals surface area contributed by atoms with E-state index >= 15 is 0 Å². The minimum absolute atomic E-state index is 0.110. The first kappa shape index (κ1) is 114. The van der Waals surface area contributed by atoms with Gasteiger partial charge in [-0.05, 0) is 38.5 Å². The number of hydrogen-bond acceptors (Lipinski definition) is 31. The van der Waals surface area contributed by atoms with Gasteiger partial charge in [0.15, 0.2) is 0 Å². The number of unbranched alkanes of at least 4 members (excludes halogenated alkanes) is 19. The molecule has 1 unspecified atom stereocenters. The first-order valence-corrected chi connectivity index (χ1v) is 31.7. The molecule has 1 atom stereocenters. The quantitative estimate of drug-likeness (QED) is 0.0199. The highest BCUT2D eigenvalue weighted by Gasteiger charge is 2.16. The van der Waals surface area contributed by atoms with E-state index in [0.29, 0.717) is 0 Å². The van der Waals surface area contributed by atoms with Crippen molar-refractivity contribution in [1.82, 2.24) is 0 Å². The summed E-state index contributed by atoms with van der Waals surface area (Å²) in [4.78, 5) is 11.5. The van der Waals surface area contributed by atoms with E-state index in [1.165, 1.54) is 128 Å². The normalized spacial score (nSPS) is 10.9. The molecule has 0 fully saturated rings. The fourth-order valence-corrected chi connectivity index (χ4v) is 5.13. The summed E-state index contributed by atoms with van der Waals surface area (Å²) in [6.07, 6.45) is 25.5. The van der Waals surface area contributed by atoms with Crippen molar-refractivity contribution in [1.29, 1.82) is 0 Å². The predicted octanol–water partition coefficient (Wildman–Crippen LogP) is -6.04. The van der Waals surface area contributed by atoms with Crippen molar-refractivity contribution in [3.63, 3.8) is 0 Å². The number of aliphatic carboxylic acids is 1. The highest BCUT2D eigenvalue weighted by molar-refractivity contribution is 5.69. The van der Waals surface area contributed by atoms with Gasteiger partial charge in [0, 0.05) is 0 Å². The minimum Gasteiger partial charge on any atom is -0.481 e. The van der Waals surface area contributed by atoms with E-state index in [9.17, 15) is 9.90 Å². The number of hydrogen-bond donors (Lipinski definition) is 31. The lowest BCUT2D eigenvalue weighted by Gasteiger charge is -2.12. The van der Waals surface area contributed by atoms with Crippen LogP contribution in [0.5, 0.6) is 0 Å². The zero-order valence-electron chi connectivity index (χ0n) is 55.4. The molecule has 0 aromatic rings. The van der Waals surface area contributed by atoms with Gasteiger partial charge in [-0.2, -0.15) is 0 Å². The Hall–Kier alpha value is -1.99. The summed E-state index contributed by atoms with van der Waals surface area (Å²) in [7, 11) is 0. The molecule has 0 aliphatic carbocycles. The monoisotopic (exact) mass is 1370 g/mol. The molecule has 32 nitrogen and oxygen atoms in total. The van der Waals surface area contributed by atoms with Crippen LogP contribution in [0, 0.1) is 5.92 Å². The molecule has 0 radical (unpaired) electrons. The van der Waals surface area contributed by atoms with Crippen molar-refractivity contribution < 1.29 is 163 Å². The number of allylic oxidation sites excluding steroid dienone is 2. The van der Waals surface area contributed by atoms with Crippen molar-refractivity contribution in [2.75, 3.05) is 132 Å². The summed E-state index contributed by atoms with van der Waals surface area (Å²) in [6, 6.07) is 0. The van der Waals surface area contributed by atoms with Gasteiger partial charge in [-0.1, -0.05) is 142 Å². The molecule has 0 aliphatic rings. The van der Waals surface area contributed by atoms with Gasteiger partial charge in [-0.3, -0.25) is 4.79 Å². The van der Waals surface area contributed by atoms with Crippen LogP contribution in [0.1, 0.15) is 168 Å². The van der Waals surface area contributed by atoms with Crippen LogP contribution in [0.4, 0.5) is 0 Å². The Kier molecular flexibility index (Phi) is 134. The van der Waals surface area contributed by atoms with Gasteiger partial charge in [0.2, 0.25) is 0 Å². The van der Waals surface area contributed by atoms with Crippen LogP contribution < -0.4 is 0 Å². The van der Waals surface area contributed by atoms with Gasteiger partial charge in [-0.15, -0.1) is 0 Å². The number of rotatable bonds is 46. The van der Waals surface area contributed by atoms with Crippen LogP contribution in [-0.4, -0.2) is 357 Å². The molecule has 0 bridgehead atoms. The molecule has 0 aliphatic heterocycles. The molecule has 0 spiro atoms. The second kappa shape index (κ2) is 108. The van der Waals surface area contributed by atoms with Crippen LogP contribution in [0.25, 0.3) is 0 Å². The average Bonchev–Trinajstić information content (AvgIpc) is 3.81. The fraction of sp³-hybridized carbons (Fsp3) is 0.950. The Bertz CT molecular complexity index is 1010. The standard InChI is InChI=1S/C30H58O2.10C3H8O3/c1-3-5-7-9-11-13-15-16-17-18-20-22-24-26-28-29(30(31)32)27-25-23-21-19-14-12-10-8-6-4-2;10*4-1-3(6)2-5/h16-17,29H,3-15,18-28H2,1-2H3,(H,31,32);10*3-6H,1-2H2. The highest BCUT2D eigenvalue weighted by atomic mass is 16.4. The molecule has 0 rings (SSSR count). The van der Waals surface area contributed by atoms with Gasteiger partial charge in [0.1, 0.15) is 61.0 Å². The van der Waals surface area contributed by atoms with Gasteiger partial charge < -0.3 is 158 Å². The topological polar surface area (TPSA) is 644 Å². The lowest BCUT2D eigenvalue weighted by molar-refractivity contribution is -0.142. The van der Waals surface area contributed by atoms with Gasteiger partial charge in [0.25, 0.3) is 0 Å². The third-order valence-electron chi connectivity index (χ3n) is 11.0. The molecular formula is C60H138O32. The Morgan fingerprint density at radius 1 is 0.228 bits per heavy atom. The molecule has 0 saturated carbocycles. The van der Waals surface area contributed by atoms with Gasteiger partial charge in [0.05, 0.1) is 138 Å². The third kappa shape index (κ3) is 136. The zero-order valence-corrected chi connectivity index (χ0v) is 55.4. The first-order valence-electron chi connectivity index (χ1n) is 31.7. The Balaban J connectivity index is -0.0000000988. The molecule has 0 aromatic heterocycles. The Morgan fingerprint density at radius 2 is 0.359 bits per heavy atom. The zero-order chi connectivity index (χ0) is 73.5. The van der Waals surface area contributed by atoms with Crippen LogP contribution in [0.3, 0.4) is 0 Å². The Labute approximate surface area is 546 Å². The molecule has 0 amide bonds. The van der Waals surface area contributed by atoms with E-state index in [1.54, 1.807) is 0 Å². The maximum absolute atomic E-state index is 11.5. The highest BCUT2D eigenvalue weighted by Crippen LogP contribution is 2.20. The number of aliphatic hydroxyl groups is 30. The minimum atomic E-state index is -0.954. The second-order valence-corrected chi connectivity index (χ2v) is 20.2. The largest absolute Gasteiger partial charge is 0.481 e. The first-order chi connectivity index (χ1) is 43.8. The van der Waals surface area contributed by atoms with Crippen molar-refractivity contribution >= 4 is 5.97 Å². The van der Waals surface area contributed by atoms with E-state index in [4.69, 9.17) is 153 Å². The SMILES string of the molecule is CCCCCCCCC=CCCCCCCC(CCCCCCCCCCCC)C(=O)O.OCC(O)CO.OCC(O)CO.OCC(O)CO.OCC(O)CO.OCC(O)CO.OCC(O)CO.OCC(O)CO.OCC(O)CO.OCC(O)CO.OCC(O)CO. The van der Waals surface area contributed by atoms with E-state index in [0.717, 1.165) is 25.7 Å².